The van der Waals surface area contributed by atoms with E-state index in [0.717, 1.165) is 36.4 Å². The topological polar surface area (TPSA) is 352 Å². The number of anilines is 1. The molecule has 0 aliphatic carbocycles. The van der Waals surface area contributed by atoms with E-state index in [1.54, 1.807) is 18.2 Å². The largest absolute Gasteiger partial charge is 0.505 e. The van der Waals surface area contributed by atoms with Crippen molar-refractivity contribution in [3.63, 3.8) is 0 Å². The Morgan fingerprint density at radius 3 is 1.43 bits per heavy atom. The number of phenolic OH excluding ortho intramolecular Hbond substituents is 2. The second-order valence-corrected chi connectivity index (χ2v) is 17.8. The van der Waals surface area contributed by atoms with Crippen LogP contribution in [0.1, 0.15) is 0 Å². The number of fused-ring (bicyclic) bond motifs is 2. The van der Waals surface area contributed by atoms with Crippen molar-refractivity contribution in [1.82, 2.24) is 0 Å². The summed E-state index contributed by atoms with van der Waals surface area (Å²) in [5.74, 6) is -1.56. The summed E-state index contributed by atoms with van der Waals surface area (Å²) < 4.78 is 145. The Bertz CT molecular complexity index is 3310. The van der Waals surface area contributed by atoms with Gasteiger partial charge in [-0.15, -0.1) is 20.5 Å². The first-order valence-electron chi connectivity index (χ1n) is 15.9. The molecule has 0 aliphatic rings. The molecule has 0 atom stereocenters. The molecule has 0 aliphatic heterocycles. The summed E-state index contributed by atoms with van der Waals surface area (Å²) >= 11 is 0. The molecule has 0 unspecified atom stereocenters. The first-order chi connectivity index (χ1) is 27.4. The zero-order valence-electron chi connectivity index (χ0n) is 33.8. The van der Waals surface area contributed by atoms with Gasteiger partial charge in [-0.25, -0.2) is 0 Å². The molecule has 6 aromatic carbocycles. The number of methoxy groups -OCH3 is 2. The van der Waals surface area contributed by atoms with E-state index in [-0.39, 0.29) is 163 Å². The van der Waals surface area contributed by atoms with Gasteiger partial charge < -0.3 is 25.4 Å². The zero-order valence-corrected chi connectivity index (χ0v) is 45.0. The summed E-state index contributed by atoms with van der Waals surface area (Å²) in [6, 6.07) is 15.6. The first kappa shape index (κ1) is 56.8. The maximum atomic E-state index is 12.0. The first-order valence-corrected chi connectivity index (χ1v) is 21.7. The van der Waals surface area contributed by atoms with Crippen LogP contribution >= 0.6 is 0 Å². The Labute approximate surface area is 447 Å². The van der Waals surface area contributed by atoms with Gasteiger partial charge in [-0.3, -0.25) is 18.2 Å². The van der Waals surface area contributed by atoms with Gasteiger partial charge >= 0.3 is 0 Å². The molecule has 63 heavy (non-hydrogen) atoms. The van der Waals surface area contributed by atoms with Crippen LogP contribution in [0.5, 0.6) is 23.0 Å². The quantitative estimate of drug-likeness (QED) is 0.0390. The third-order valence-electron chi connectivity index (χ3n) is 8.59. The van der Waals surface area contributed by atoms with Crippen LogP contribution in [-0.2, 0) is 40.5 Å². The number of ether oxygens (including phenoxy) is 2. The second kappa shape index (κ2) is 21.5. The fraction of sp³-hybridized carbons (Fsp3) is 0.0588. The van der Waals surface area contributed by atoms with Crippen molar-refractivity contribution in [2.45, 2.75) is 19.6 Å². The Kier molecular flexibility index (Phi) is 19.4. The average Bonchev–Trinajstić information content (AvgIpc) is 3.15. The van der Waals surface area contributed by atoms with Gasteiger partial charge in [0.2, 0.25) is 0 Å². The molecule has 0 saturated heterocycles. The Hall–Kier alpha value is -2.32. The van der Waals surface area contributed by atoms with E-state index < -0.39 is 88.3 Å². The Morgan fingerprint density at radius 1 is 0.492 bits per heavy atom. The SMILES string of the molecule is COc1cc(-c2ccc(N=Nc3c(O)c(S(=O)(=O)O)cc4cc(S(=O)(=O)O)ccc34)c(OC)c2)ccc1N=Nc1ccc2c(S(=O)(=O)O)cc(S(=O)(=O)O)c(N)c2c1O.[Na].[Na].[Na].[Na]. The van der Waals surface area contributed by atoms with Crippen LogP contribution in [0.2, 0.25) is 0 Å². The van der Waals surface area contributed by atoms with Gasteiger partial charge in [0.25, 0.3) is 40.5 Å². The molecule has 0 amide bonds. The van der Waals surface area contributed by atoms with Crippen molar-refractivity contribution in [3.05, 3.63) is 78.9 Å². The van der Waals surface area contributed by atoms with E-state index >= 15 is 0 Å². The monoisotopic (exact) mass is 981 g/mol. The number of benzene rings is 6. The molecule has 0 aromatic heterocycles. The number of hydrogen-bond donors (Lipinski definition) is 7. The van der Waals surface area contributed by atoms with E-state index in [0.29, 0.717) is 17.2 Å². The number of nitrogens with two attached hydrogens (primary N) is 1. The third-order valence-corrected chi connectivity index (χ3v) is 12.1. The average molecular weight is 982 g/mol. The number of azo groups is 2. The predicted molar refractivity (Wildman–Crippen MR) is 231 cm³/mol. The normalized spacial score (nSPS) is 12.0. The summed E-state index contributed by atoms with van der Waals surface area (Å²) in [5, 5.41) is 36.8. The summed E-state index contributed by atoms with van der Waals surface area (Å²) in [5.41, 5.74) is 5.59. The molecule has 4 radical (unpaired) electrons. The minimum absolute atomic E-state index is 0. The molecule has 0 fully saturated rings. The van der Waals surface area contributed by atoms with E-state index in [9.17, 15) is 62.1 Å². The van der Waals surface area contributed by atoms with E-state index in [4.69, 9.17) is 15.2 Å². The van der Waals surface area contributed by atoms with Crippen molar-refractivity contribution in [2.24, 2.45) is 20.5 Å². The van der Waals surface area contributed by atoms with Gasteiger partial charge in [-0.2, -0.15) is 33.7 Å². The van der Waals surface area contributed by atoms with Crippen molar-refractivity contribution in [1.29, 1.82) is 0 Å². The number of nitrogens with zero attached hydrogens (tertiary/aromatic N) is 4. The van der Waals surface area contributed by atoms with Gasteiger partial charge in [0, 0.05) is 129 Å². The minimum atomic E-state index is -5.13. The summed E-state index contributed by atoms with van der Waals surface area (Å²) in [4.78, 5) is -3.66. The summed E-state index contributed by atoms with van der Waals surface area (Å²) in [6.45, 7) is 0. The number of rotatable bonds is 11. The number of hydrogen-bond acceptors (Lipinski definition) is 17. The summed E-state index contributed by atoms with van der Waals surface area (Å²) in [6.07, 6.45) is 0. The molecule has 29 heteroatoms. The molecular weight excluding hydrogens is 955 g/mol. The van der Waals surface area contributed by atoms with E-state index in [1.165, 1.54) is 32.4 Å². The molecule has 312 valence electrons. The fourth-order valence-electron chi connectivity index (χ4n) is 5.84. The molecule has 8 N–H and O–H groups in total. The van der Waals surface area contributed by atoms with E-state index in [2.05, 4.69) is 20.5 Å². The van der Waals surface area contributed by atoms with Gasteiger partial charge in [0.1, 0.15) is 48.9 Å². The van der Waals surface area contributed by atoms with Crippen LogP contribution < -0.4 is 15.2 Å². The van der Waals surface area contributed by atoms with Crippen molar-refractivity contribution < 1.29 is 71.6 Å². The smallest absolute Gasteiger partial charge is 0.298 e. The molecule has 0 saturated carbocycles. The zero-order chi connectivity index (χ0) is 43.4. The maximum Gasteiger partial charge on any atom is 0.298 e. The Balaban J connectivity index is 0.00000341. The van der Waals surface area contributed by atoms with Gasteiger partial charge in [0.15, 0.2) is 11.5 Å². The third kappa shape index (κ3) is 12.2. The van der Waals surface area contributed by atoms with Crippen molar-refractivity contribution >= 4 is 209 Å². The number of nitrogen functional groups attached to an aromatic ring is 1. The summed E-state index contributed by atoms with van der Waals surface area (Å²) in [7, 11) is -17.3. The number of phenols is 2. The number of aromatic hydroxyl groups is 2. The molecular formula is C34H27N5Na4O16S4. The van der Waals surface area contributed by atoms with Crippen LogP contribution in [0.15, 0.2) is 119 Å². The van der Waals surface area contributed by atoms with Crippen LogP contribution in [-0.4, -0.2) is 195 Å². The standard InChI is InChI=1S/C34H27N5O16S4.4Na/c1-54-25-12-16(3-8-22(25)36-38-24-10-7-21-27(57(45,46)47)15-28(58(48,49)50)31(35)30(21)33(24)40)17-4-9-23(26(13-17)55-2)37-39-32-20-6-5-19(56(42,43)44)11-18(20)14-29(34(32)41)59(51,52)53;;;;/h3-15,40-41H,35H2,1-2H3,(H,42,43,44)(H,45,46,47)(H,48,49,50)(H,51,52,53);;;;. The van der Waals surface area contributed by atoms with Crippen LogP contribution in [0, 0.1) is 0 Å². The van der Waals surface area contributed by atoms with Crippen molar-refractivity contribution in [3.8, 4) is 34.1 Å². The van der Waals surface area contributed by atoms with E-state index in [1.807, 2.05) is 0 Å². The van der Waals surface area contributed by atoms with Crippen LogP contribution in [0.3, 0.4) is 0 Å². The molecule has 0 bridgehead atoms. The van der Waals surface area contributed by atoms with Gasteiger partial charge in [-0.05, 0) is 71.1 Å². The van der Waals surface area contributed by atoms with Gasteiger partial charge in [-0.1, -0.05) is 24.3 Å². The molecule has 21 nitrogen and oxygen atoms in total. The van der Waals surface area contributed by atoms with Crippen molar-refractivity contribution in [2.75, 3.05) is 20.0 Å². The fourth-order valence-corrected chi connectivity index (χ4v) is 8.41. The molecule has 0 spiro atoms. The minimum Gasteiger partial charge on any atom is -0.505 e. The maximum absolute atomic E-state index is 12.0. The molecule has 0 heterocycles. The van der Waals surface area contributed by atoms with Crippen LogP contribution in [0.4, 0.5) is 28.4 Å². The van der Waals surface area contributed by atoms with Crippen LogP contribution in [0.25, 0.3) is 32.7 Å². The molecule has 6 aromatic rings. The molecule has 6 rings (SSSR count). The Morgan fingerprint density at radius 2 is 0.952 bits per heavy atom. The second-order valence-electron chi connectivity index (χ2n) is 12.2. The van der Waals surface area contributed by atoms with Gasteiger partial charge in [0.05, 0.1) is 30.2 Å². The predicted octanol–water partition coefficient (Wildman–Crippen LogP) is 4.97.